The summed E-state index contributed by atoms with van der Waals surface area (Å²) in [4.78, 5) is 11.3. The minimum absolute atomic E-state index is 0.00384. The van der Waals surface area contributed by atoms with Gasteiger partial charge in [0.2, 0.25) is 0 Å². The van der Waals surface area contributed by atoms with Crippen molar-refractivity contribution in [3.63, 3.8) is 0 Å². The quantitative estimate of drug-likeness (QED) is 0.248. The zero-order valence-electron chi connectivity index (χ0n) is 21.4. The number of non-ortho nitro benzene ring substituents is 1. The van der Waals surface area contributed by atoms with Crippen LogP contribution in [0, 0.1) is 17.0 Å². The van der Waals surface area contributed by atoms with Crippen molar-refractivity contribution in [3.8, 4) is 0 Å². The van der Waals surface area contributed by atoms with Gasteiger partial charge < -0.3 is 14.6 Å². The standard InChI is InChI=1S/C29H28N2O7S/c1-19-8-12-22(13-9-19)39(35,36)30-25-15-11-21(31(33)34)16-24(25)28-23(14-10-20-6-4-3-5-7-20)29(27(32)18-37-2)38-17-26(28)30/h3-16,23,27,29,32H,17-18H2,1-2H3/b14-10+/t23-,27+,29-/m0/s1. The van der Waals surface area contributed by atoms with E-state index in [2.05, 4.69) is 0 Å². The summed E-state index contributed by atoms with van der Waals surface area (Å²) in [6, 6.07) is 20.2. The SMILES string of the molecule is COC[C@@H](O)[C@H]1OCc2c(c3cc([N+](=O)[O-])ccc3n2S(=O)(=O)c2ccc(C)cc2)[C@@H]1/C=C/c1ccccc1. The van der Waals surface area contributed by atoms with Crippen LogP contribution in [0.25, 0.3) is 17.0 Å². The Kier molecular flexibility index (Phi) is 7.37. The highest BCUT2D eigenvalue weighted by atomic mass is 32.2. The lowest BCUT2D eigenvalue weighted by atomic mass is 9.85. The molecular formula is C29H28N2O7S. The summed E-state index contributed by atoms with van der Waals surface area (Å²) in [6.45, 7) is 1.74. The number of nitro benzene ring substituents is 1. The molecule has 0 aliphatic carbocycles. The number of aliphatic hydroxyl groups excluding tert-OH is 1. The molecule has 0 radical (unpaired) electrons. The van der Waals surface area contributed by atoms with Crippen molar-refractivity contribution < 1.29 is 27.9 Å². The van der Waals surface area contributed by atoms with Gasteiger partial charge in [-0.2, -0.15) is 0 Å². The number of aliphatic hydroxyl groups is 1. The zero-order chi connectivity index (χ0) is 27.7. The van der Waals surface area contributed by atoms with E-state index in [1.165, 1.54) is 41.4 Å². The molecule has 0 bridgehead atoms. The summed E-state index contributed by atoms with van der Waals surface area (Å²) in [5.74, 6) is -0.627. The average Bonchev–Trinajstić information content (AvgIpc) is 3.27. The number of aryl methyl sites for hydroxylation is 1. The normalized spacial score (nSPS) is 18.3. The molecule has 3 atom stereocenters. The molecule has 0 amide bonds. The molecule has 1 aliphatic heterocycles. The molecule has 10 heteroatoms. The van der Waals surface area contributed by atoms with Crippen LogP contribution in [0.4, 0.5) is 5.69 Å². The number of methoxy groups -OCH3 is 1. The molecule has 5 rings (SSSR count). The summed E-state index contributed by atoms with van der Waals surface area (Å²) < 4.78 is 40.5. The summed E-state index contributed by atoms with van der Waals surface area (Å²) in [5.41, 5.74) is 2.86. The Bertz CT molecular complexity index is 1640. The minimum atomic E-state index is -4.10. The van der Waals surface area contributed by atoms with Gasteiger partial charge in [0.25, 0.3) is 15.7 Å². The van der Waals surface area contributed by atoms with Gasteiger partial charge in [0.15, 0.2) is 0 Å². The maximum Gasteiger partial charge on any atom is 0.270 e. The molecule has 2 heterocycles. The van der Waals surface area contributed by atoms with E-state index < -0.39 is 33.1 Å². The first-order valence-electron chi connectivity index (χ1n) is 12.4. The van der Waals surface area contributed by atoms with Gasteiger partial charge in [-0.1, -0.05) is 60.2 Å². The highest BCUT2D eigenvalue weighted by Gasteiger charge is 2.40. The van der Waals surface area contributed by atoms with Gasteiger partial charge in [0, 0.05) is 30.5 Å². The van der Waals surface area contributed by atoms with Crippen LogP contribution in [-0.2, 0) is 26.1 Å². The first-order chi connectivity index (χ1) is 18.7. The van der Waals surface area contributed by atoms with E-state index in [0.29, 0.717) is 22.2 Å². The molecule has 0 fully saturated rings. The number of nitrogens with zero attached hydrogens (tertiary/aromatic N) is 2. The van der Waals surface area contributed by atoms with Crippen LogP contribution in [-0.4, -0.2) is 48.3 Å². The number of fused-ring (bicyclic) bond motifs is 3. The molecule has 1 N–H and O–H groups in total. The topological polar surface area (TPSA) is 121 Å². The van der Waals surface area contributed by atoms with Gasteiger partial charge in [-0.05, 0) is 36.2 Å². The Morgan fingerprint density at radius 3 is 2.54 bits per heavy atom. The summed E-state index contributed by atoms with van der Waals surface area (Å²) in [7, 11) is -2.63. The number of aromatic nitrogens is 1. The van der Waals surface area contributed by atoms with E-state index in [4.69, 9.17) is 9.47 Å². The number of ether oxygens (including phenoxy) is 2. The second-order valence-corrected chi connectivity index (χ2v) is 11.3. The third-order valence-electron chi connectivity index (χ3n) is 6.93. The Morgan fingerprint density at radius 2 is 1.87 bits per heavy atom. The largest absolute Gasteiger partial charge is 0.388 e. The molecule has 0 saturated heterocycles. The second-order valence-electron chi connectivity index (χ2n) is 9.50. The third kappa shape index (κ3) is 4.99. The molecule has 1 aromatic heterocycles. The van der Waals surface area contributed by atoms with Crippen LogP contribution >= 0.6 is 0 Å². The third-order valence-corrected chi connectivity index (χ3v) is 8.69. The van der Waals surface area contributed by atoms with Crippen LogP contribution in [0.2, 0.25) is 0 Å². The van der Waals surface area contributed by atoms with Gasteiger partial charge in [0.05, 0.1) is 40.3 Å². The lowest BCUT2D eigenvalue weighted by molar-refractivity contribution is -0.384. The van der Waals surface area contributed by atoms with Crippen molar-refractivity contribution in [2.75, 3.05) is 13.7 Å². The fraction of sp³-hybridized carbons (Fsp3) is 0.241. The van der Waals surface area contributed by atoms with Crippen LogP contribution in [0.3, 0.4) is 0 Å². The Hall–Kier alpha value is -3.83. The Balaban J connectivity index is 1.78. The predicted molar refractivity (Wildman–Crippen MR) is 147 cm³/mol. The monoisotopic (exact) mass is 548 g/mol. The van der Waals surface area contributed by atoms with Crippen molar-refractivity contribution in [1.82, 2.24) is 3.97 Å². The highest BCUT2D eigenvalue weighted by molar-refractivity contribution is 7.90. The lowest BCUT2D eigenvalue weighted by Crippen LogP contribution is -2.40. The molecule has 0 saturated carbocycles. The maximum absolute atomic E-state index is 14.0. The van der Waals surface area contributed by atoms with Gasteiger partial charge in [0.1, 0.15) is 6.10 Å². The number of nitro groups is 1. The molecule has 9 nitrogen and oxygen atoms in total. The van der Waals surface area contributed by atoms with E-state index in [-0.39, 0.29) is 23.8 Å². The minimum Gasteiger partial charge on any atom is -0.388 e. The fourth-order valence-electron chi connectivity index (χ4n) is 5.08. The first-order valence-corrected chi connectivity index (χ1v) is 13.8. The summed E-state index contributed by atoms with van der Waals surface area (Å²) in [6.07, 6.45) is 1.90. The smallest absolute Gasteiger partial charge is 0.270 e. The summed E-state index contributed by atoms with van der Waals surface area (Å²) in [5, 5.41) is 23.1. The van der Waals surface area contributed by atoms with E-state index in [1.54, 1.807) is 12.1 Å². The van der Waals surface area contributed by atoms with Gasteiger partial charge in [-0.15, -0.1) is 0 Å². The Labute approximate surface area is 226 Å². The van der Waals surface area contributed by atoms with Crippen molar-refractivity contribution in [3.05, 3.63) is 111 Å². The van der Waals surface area contributed by atoms with E-state index >= 15 is 0 Å². The summed E-state index contributed by atoms with van der Waals surface area (Å²) >= 11 is 0. The molecule has 4 aromatic rings. The number of rotatable bonds is 8. The van der Waals surface area contributed by atoms with Crippen molar-refractivity contribution in [2.24, 2.45) is 0 Å². The molecule has 0 spiro atoms. The zero-order valence-corrected chi connectivity index (χ0v) is 22.2. The van der Waals surface area contributed by atoms with E-state index in [0.717, 1.165) is 11.1 Å². The van der Waals surface area contributed by atoms with Gasteiger partial charge in [-0.3, -0.25) is 10.1 Å². The van der Waals surface area contributed by atoms with Crippen LogP contribution in [0.1, 0.15) is 28.3 Å². The Morgan fingerprint density at radius 1 is 1.15 bits per heavy atom. The van der Waals surface area contributed by atoms with Crippen LogP contribution in [0.15, 0.2) is 83.8 Å². The van der Waals surface area contributed by atoms with Crippen molar-refractivity contribution in [2.45, 2.75) is 36.6 Å². The lowest BCUT2D eigenvalue weighted by Gasteiger charge is -2.34. The molecule has 3 aromatic carbocycles. The highest BCUT2D eigenvalue weighted by Crippen LogP contribution is 2.43. The molecular weight excluding hydrogens is 520 g/mol. The number of hydrogen-bond acceptors (Lipinski definition) is 7. The molecule has 202 valence electrons. The van der Waals surface area contributed by atoms with Gasteiger partial charge >= 0.3 is 0 Å². The van der Waals surface area contributed by atoms with E-state index in [9.17, 15) is 23.6 Å². The number of hydrogen-bond donors (Lipinski definition) is 1. The average molecular weight is 549 g/mol. The van der Waals surface area contributed by atoms with Crippen LogP contribution in [0.5, 0.6) is 0 Å². The number of benzene rings is 3. The first kappa shape index (κ1) is 26.8. The van der Waals surface area contributed by atoms with Gasteiger partial charge in [-0.25, -0.2) is 12.4 Å². The second kappa shape index (κ2) is 10.7. The molecule has 1 aliphatic rings. The van der Waals surface area contributed by atoms with E-state index in [1.807, 2.05) is 49.4 Å². The fourth-order valence-corrected chi connectivity index (χ4v) is 6.63. The molecule has 0 unspecified atom stereocenters. The van der Waals surface area contributed by atoms with Crippen LogP contribution < -0.4 is 0 Å². The predicted octanol–water partition coefficient (Wildman–Crippen LogP) is 4.80. The van der Waals surface area contributed by atoms with Crippen molar-refractivity contribution in [1.29, 1.82) is 0 Å². The maximum atomic E-state index is 14.0. The van der Waals surface area contributed by atoms with Crippen molar-refractivity contribution >= 4 is 32.7 Å². The molecule has 39 heavy (non-hydrogen) atoms.